The maximum absolute atomic E-state index is 10.8. The molecule has 0 spiro atoms. The van der Waals surface area contributed by atoms with E-state index >= 15 is 0 Å². The highest BCUT2D eigenvalue weighted by Crippen LogP contribution is 2.27. The van der Waals surface area contributed by atoms with Crippen LogP contribution in [0.2, 0.25) is 0 Å². The van der Waals surface area contributed by atoms with E-state index in [0.29, 0.717) is 16.3 Å². The van der Waals surface area contributed by atoms with Gasteiger partial charge in [-0.05, 0) is 30.9 Å². The summed E-state index contributed by atoms with van der Waals surface area (Å²) in [5.41, 5.74) is 2.69. The normalized spacial score (nSPS) is 14.2. The molecule has 4 nitrogen and oxygen atoms in total. The highest BCUT2D eigenvalue weighted by molar-refractivity contribution is 8.14. The maximum Gasteiger partial charge on any atom is 0.233 e. The van der Waals surface area contributed by atoms with Gasteiger partial charge in [0.15, 0.2) is 0 Å². The van der Waals surface area contributed by atoms with Gasteiger partial charge in [0.2, 0.25) is 9.05 Å². The summed E-state index contributed by atoms with van der Waals surface area (Å²) >= 11 is 1.27. The molecule has 0 unspecified atom stereocenters. The largest absolute Gasteiger partial charge is 0.245 e. The van der Waals surface area contributed by atoms with E-state index in [1.165, 1.54) is 11.8 Å². The van der Waals surface area contributed by atoms with Crippen LogP contribution in [0.1, 0.15) is 23.2 Å². The average molecular weight is 303 g/mol. The lowest BCUT2D eigenvalue weighted by molar-refractivity contribution is 0.611. The van der Waals surface area contributed by atoms with Crippen LogP contribution in [0, 0.1) is 11.3 Å². The second kappa shape index (κ2) is 5.47. The first-order chi connectivity index (χ1) is 8.49. The van der Waals surface area contributed by atoms with Gasteiger partial charge in [0.05, 0.1) is 11.3 Å². The monoisotopic (exact) mass is 302 g/mol. The first kappa shape index (κ1) is 13.7. The van der Waals surface area contributed by atoms with Crippen LogP contribution in [0.15, 0.2) is 11.1 Å². The first-order valence-corrected chi connectivity index (χ1v) is 8.94. The quantitative estimate of drug-likeness (QED) is 0.629. The Labute approximate surface area is 115 Å². The van der Waals surface area contributed by atoms with Crippen molar-refractivity contribution in [2.75, 3.05) is 11.5 Å². The van der Waals surface area contributed by atoms with Crippen molar-refractivity contribution in [3.63, 3.8) is 0 Å². The third-order valence-corrected chi connectivity index (χ3v) is 5.11. The van der Waals surface area contributed by atoms with E-state index in [0.717, 1.165) is 30.5 Å². The Kier molecular flexibility index (Phi) is 4.15. The van der Waals surface area contributed by atoms with Crippen molar-refractivity contribution in [1.29, 1.82) is 5.26 Å². The van der Waals surface area contributed by atoms with Crippen LogP contribution in [0.5, 0.6) is 0 Å². The summed E-state index contributed by atoms with van der Waals surface area (Å²) in [6.07, 6.45) is 2.97. The number of pyridine rings is 1. The lowest BCUT2D eigenvalue weighted by atomic mass is 10.2. The molecule has 0 N–H and O–H groups in total. The fraction of sp³-hybridized carbons (Fsp3) is 0.455. The highest BCUT2D eigenvalue weighted by Gasteiger charge is 2.17. The summed E-state index contributed by atoms with van der Waals surface area (Å²) in [7, 11) is 1.66. The van der Waals surface area contributed by atoms with Gasteiger partial charge in [0, 0.05) is 22.1 Å². The minimum absolute atomic E-state index is 0.122. The van der Waals surface area contributed by atoms with Gasteiger partial charge in [-0.1, -0.05) is 0 Å². The van der Waals surface area contributed by atoms with Gasteiger partial charge in [0.25, 0.3) is 0 Å². The third kappa shape index (κ3) is 3.37. The Bertz CT molecular complexity index is 608. The molecule has 1 aromatic heterocycles. The summed E-state index contributed by atoms with van der Waals surface area (Å²) < 4.78 is 21.7. The zero-order valence-corrected chi connectivity index (χ0v) is 11.9. The smallest absolute Gasteiger partial charge is 0.233 e. The molecule has 1 heterocycles. The van der Waals surface area contributed by atoms with E-state index in [-0.39, 0.29) is 5.75 Å². The Balaban J connectivity index is 2.15. The summed E-state index contributed by atoms with van der Waals surface area (Å²) in [6.45, 7) is 0. The van der Waals surface area contributed by atoms with Crippen molar-refractivity contribution in [2.45, 2.75) is 24.3 Å². The van der Waals surface area contributed by atoms with Gasteiger partial charge in [0.1, 0.15) is 11.1 Å². The van der Waals surface area contributed by atoms with E-state index in [9.17, 15) is 8.42 Å². The summed E-state index contributed by atoms with van der Waals surface area (Å²) in [4.78, 5) is 4.45. The van der Waals surface area contributed by atoms with Gasteiger partial charge in [-0.25, -0.2) is 13.4 Å². The molecule has 1 aromatic rings. The number of fused-ring (bicyclic) bond motifs is 1. The topological polar surface area (TPSA) is 70.8 Å². The zero-order chi connectivity index (χ0) is 13.2. The van der Waals surface area contributed by atoms with Crippen molar-refractivity contribution in [2.24, 2.45) is 0 Å². The molecule has 96 valence electrons. The fourth-order valence-corrected chi connectivity index (χ4v) is 4.21. The van der Waals surface area contributed by atoms with Crippen LogP contribution in [0.25, 0.3) is 0 Å². The number of hydrogen-bond acceptors (Lipinski definition) is 5. The van der Waals surface area contributed by atoms with Gasteiger partial charge in [-0.3, -0.25) is 0 Å². The Morgan fingerprint density at radius 3 is 2.94 bits per heavy atom. The van der Waals surface area contributed by atoms with E-state index in [1.54, 1.807) is 0 Å². The molecule has 0 atom stereocenters. The first-order valence-electron chi connectivity index (χ1n) is 5.47. The SMILES string of the molecule is N#Cc1cc2c(nc1SCCS(=O)(=O)Cl)CCC2. The fourth-order valence-electron chi connectivity index (χ4n) is 1.88. The van der Waals surface area contributed by atoms with Crippen LogP contribution in [0.3, 0.4) is 0 Å². The predicted octanol–water partition coefficient (Wildman–Crippen LogP) is 2.10. The van der Waals surface area contributed by atoms with E-state index in [2.05, 4.69) is 11.1 Å². The molecular weight excluding hydrogens is 292 g/mol. The Morgan fingerprint density at radius 1 is 1.50 bits per heavy atom. The average Bonchev–Trinajstić information content (AvgIpc) is 2.73. The number of halogens is 1. The van der Waals surface area contributed by atoms with Crippen LogP contribution in [-0.4, -0.2) is 24.9 Å². The van der Waals surface area contributed by atoms with E-state index in [1.807, 2.05) is 6.07 Å². The molecule has 0 saturated carbocycles. The summed E-state index contributed by atoms with van der Waals surface area (Å²) in [5.74, 6) is 0.190. The second-order valence-electron chi connectivity index (χ2n) is 4.00. The number of nitriles is 1. The number of thioether (sulfide) groups is 1. The molecule has 0 radical (unpaired) electrons. The van der Waals surface area contributed by atoms with Crippen LogP contribution < -0.4 is 0 Å². The molecule has 0 aromatic carbocycles. The van der Waals surface area contributed by atoms with Gasteiger partial charge < -0.3 is 0 Å². The van der Waals surface area contributed by atoms with E-state index < -0.39 is 9.05 Å². The molecule has 0 aliphatic heterocycles. The van der Waals surface area contributed by atoms with Crippen molar-refractivity contribution in [1.82, 2.24) is 4.98 Å². The summed E-state index contributed by atoms with van der Waals surface area (Å²) in [5, 5.41) is 9.67. The molecule has 18 heavy (non-hydrogen) atoms. The molecule has 7 heteroatoms. The van der Waals surface area contributed by atoms with Crippen molar-refractivity contribution >= 4 is 31.5 Å². The number of rotatable bonds is 4. The number of hydrogen-bond donors (Lipinski definition) is 0. The molecule has 0 amide bonds. The lowest BCUT2D eigenvalue weighted by Gasteiger charge is -2.05. The van der Waals surface area contributed by atoms with Crippen LogP contribution in [-0.2, 0) is 21.9 Å². The van der Waals surface area contributed by atoms with Gasteiger partial charge in [-0.2, -0.15) is 5.26 Å². The molecule has 0 bridgehead atoms. The van der Waals surface area contributed by atoms with Crippen molar-refractivity contribution < 1.29 is 8.42 Å². The number of nitrogens with zero attached hydrogens (tertiary/aromatic N) is 2. The van der Waals surface area contributed by atoms with Gasteiger partial charge >= 0.3 is 0 Å². The minimum Gasteiger partial charge on any atom is -0.245 e. The molecule has 1 aliphatic rings. The number of aryl methyl sites for hydroxylation is 2. The third-order valence-electron chi connectivity index (χ3n) is 2.70. The zero-order valence-electron chi connectivity index (χ0n) is 9.52. The van der Waals surface area contributed by atoms with Crippen molar-refractivity contribution in [3.8, 4) is 6.07 Å². The van der Waals surface area contributed by atoms with E-state index in [4.69, 9.17) is 15.9 Å². The Hall–Kier alpha value is -0.770. The molecule has 0 saturated heterocycles. The molecule has 1 aliphatic carbocycles. The maximum atomic E-state index is 10.8. The predicted molar refractivity (Wildman–Crippen MR) is 71.3 cm³/mol. The molecule has 0 fully saturated rings. The summed E-state index contributed by atoms with van der Waals surface area (Å²) in [6, 6.07) is 3.98. The highest BCUT2D eigenvalue weighted by atomic mass is 35.7. The van der Waals surface area contributed by atoms with Crippen molar-refractivity contribution in [3.05, 3.63) is 22.9 Å². The Morgan fingerprint density at radius 2 is 2.28 bits per heavy atom. The molecule has 2 rings (SSSR count). The lowest BCUT2D eigenvalue weighted by Crippen LogP contribution is -2.01. The standard InChI is InChI=1S/C11H11ClN2O2S2/c12-18(15,16)5-4-17-11-9(7-13)6-8-2-1-3-10(8)14-11/h6H,1-5H2. The number of aromatic nitrogens is 1. The van der Waals surface area contributed by atoms with Crippen LogP contribution >= 0.6 is 22.4 Å². The van der Waals surface area contributed by atoms with Gasteiger partial charge in [-0.15, -0.1) is 11.8 Å². The van der Waals surface area contributed by atoms with Crippen LogP contribution in [0.4, 0.5) is 0 Å². The second-order valence-corrected chi connectivity index (χ2v) is 7.98. The molecular formula is C11H11ClN2O2S2. The minimum atomic E-state index is -3.48.